The number of nitrogens with zero attached hydrogens (tertiary/aromatic N) is 2. The summed E-state index contributed by atoms with van der Waals surface area (Å²) in [4.78, 5) is 31.8. The van der Waals surface area contributed by atoms with Crippen LogP contribution in [0.15, 0.2) is 35.4 Å². The summed E-state index contributed by atoms with van der Waals surface area (Å²) in [6, 6.07) is 5.47. The lowest BCUT2D eigenvalue weighted by Crippen LogP contribution is -2.33. The summed E-state index contributed by atoms with van der Waals surface area (Å²) in [5.74, 6) is -0.782. The van der Waals surface area contributed by atoms with E-state index in [1.54, 1.807) is 19.1 Å². The molecule has 2 atom stereocenters. The standard InChI is InChI=1S/C22H20N2O4.C2H6/c1-10-12-8-13-14(21(26)16(12)9-28-22(10)27)6-11-7-15-17(23-19(11)13)4-5-18(25)20(15)24(2)3;1-2/h4-5,7-8,10,14,25H,6,9H2,1-3H3;1-2H3/t10-,14?;/m0./s1. The zero-order valence-corrected chi connectivity index (χ0v) is 17.9. The molecule has 30 heavy (non-hydrogen) atoms. The molecule has 0 fully saturated rings. The van der Waals surface area contributed by atoms with Crippen molar-refractivity contribution in [2.75, 3.05) is 25.6 Å². The number of phenolic OH excluding ortho intramolecular Hbond substituents is 1. The number of ether oxygens (including phenoxy) is 1. The average molecular weight is 406 g/mol. The Kier molecular flexibility index (Phi) is 4.88. The largest absolute Gasteiger partial charge is 0.506 e. The summed E-state index contributed by atoms with van der Waals surface area (Å²) in [6.07, 6.45) is 2.55. The Morgan fingerprint density at radius 1 is 1.20 bits per heavy atom. The second-order valence-corrected chi connectivity index (χ2v) is 7.87. The molecule has 1 aromatic heterocycles. The van der Waals surface area contributed by atoms with Gasteiger partial charge in [-0.2, -0.15) is 0 Å². The van der Waals surface area contributed by atoms with Crippen molar-refractivity contribution in [2.45, 2.75) is 27.2 Å². The van der Waals surface area contributed by atoms with Crippen molar-refractivity contribution in [3.8, 4) is 5.75 Å². The maximum absolute atomic E-state index is 13.1. The number of carbonyl (C=O) groups is 2. The van der Waals surface area contributed by atoms with Gasteiger partial charge in [0.1, 0.15) is 12.4 Å². The number of rotatable bonds is 1. The van der Waals surface area contributed by atoms with Crippen LogP contribution in [-0.4, -0.2) is 42.5 Å². The van der Waals surface area contributed by atoms with Gasteiger partial charge >= 0.3 is 5.97 Å². The number of ketones is 1. The number of aromatic hydroxyl groups is 1. The lowest BCUT2D eigenvalue weighted by Gasteiger charge is -2.28. The molecule has 0 saturated carbocycles. The molecule has 5 rings (SSSR count). The molecule has 0 bridgehead atoms. The number of allylic oxidation sites excluding steroid dienone is 2. The minimum absolute atomic E-state index is 0.0320. The molecule has 1 unspecified atom stereocenters. The van der Waals surface area contributed by atoms with E-state index in [4.69, 9.17) is 9.72 Å². The topological polar surface area (TPSA) is 79.7 Å². The van der Waals surface area contributed by atoms with Gasteiger partial charge < -0.3 is 14.7 Å². The van der Waals surface area contributed by atoms with E-state index in [0.717, 1.165) is 33.3 Å². The summed E-state index contributed by atoms with van der Waals surface area (Å²) in [5.41, 5.74) is 5.57. The van der Waals surface area contributed by atoms with Crippen LogP contribution in [-0.2, 0) is 20.7 Å². The average Bonchev–Trinajstić information content (AvgIpc) is 3.08. The highest BCUT2D eigenvalue weighted by Gasteiger charge is 2.42. The molecule has 156 valence electrons. The van der Waals surface area contributed by atoms with Crippen LogP contribution in [0.4, 0.5) is 5.69 Å². The second-order valence-electron chi connectivity index (χ2n) is 7.87. The maximum atomic E-state index is 13.1. The van der Waals surface area contributed by atoms with Crippen molar-refractivity contribution in [1.82, 2.24) is 4.98 Å². The highest BCUT2D eigenvalue weighted by molar-refractivity contribution is 6.11. The van der Waals surface area contributed by atoms with Crippen LogP contribution in [0.1, 0.15) is 32.0 Å². The number of hydrogen-bond donors (Lipinski definition) is 1. The fourth-order valence-electron chi connectivity index (χ4n) is 4.58. The molecule has 1 aliphatic heterocycles. The third-order valence-electron chi connectivity index (χ3n) is 6.00. The molecule has 2 heterocycles. The molecule has 1 N–H and O–H groups in total. The van der Waals surface area contributed by atoms with Gasteiger partial charge in [-0.05, 0) is 48.3 Å². The lowest BCUT2D eigenvalue weighted by molar-refractivity contribution is -0.147. The first-order valence-electron chi connectivity index (χ1n) is 10.4. The molecular weight excluding hydrogens is 380 g/mol. The number of cyclic esters (lactones) is 1. The van der Waals surface area contributed by atoms with Crippen molar-refractivity contribution in [3.05, 3.63) is 46.7 Å². The monoisotopic (exact) mass is 406 g/mol. The van der Waals surface area contributed by atoms with Crippen molar-refractivity contribution in [1.29, 1.82) is 0 Å². The number of hydrogen-bond acceptors (Lipinski definition) is 6. The Hall–Kier alpha value is -3.15. The number of fused-ring (bicyclic) bond motifs is 4. The van der Waals surface area contributed by atoms with E-state index in [0.29, 0.717) is 17.7 Å². The van der Waals surface area contributed by atoms with Gasteiger partial charge in [0.2, 0.25) is 0 Å². The summed E-state index contributed by atoms with van der Waals surface area (Å²) in [6.45, 7) is 5.83. The zero-order valence-electron chi connectivity index (χ0n) is 17.9. The number of esters is 1. The van der Waals surface area contributed by atoms with Gasteiger partial charge in [-0.1, -0.05) is 19.9 Å². The third kappa shape index (κ3) is 2.82. The van der Waals surface area contributed by atoms with E-state index in [2.05, 4.69) is 0 Å². The van der Waals surface area contributed by atoms with Crippen molar-refractivity contribution in [3.63, 3.8) is 0 Å². The third-order valence-corrected chi connectivity index (χ3v) is 6.00. The number of phenols is 1. The van der Waals surface area contributed by atoms with Crippen LogP contribution in [0.25, 0.3) is 16.5 Å². The number of benzene rings is 1. The Morgan fingerprint density at radius 3 is 2.63 bits per heavy atom. The highest BCUT2D eigenvalue weighted by atomic mass is 16.5. The molecule has 0 spiro atoms. The SMILES string of the molecule is CC.C[C@@H]1C(=O)OCC2=C1C=C1c3nc4ccc(O)c(N(C)C)c4cc3CC1C2=O. The van der Waals surface area contributed by atoms with E-state index >= 15 is 0 Å². The first kappa shape index (κ1) is 20.1. The Bertz CT molecular complexity index is 1140. The minimum atomic E-state index is -0.442. The summed E-state index contributed by atoms with van der Waals surface area (Å²) in [7, 11) is 3.76. The Morgan fingerprint density at radius 2 is 1.93 bits per heavy atom. The van der Waals surface area contributed by atoms with Crippen LogP contribution in [0.2, 0.25) is 0 Å². The fourth-order valence-corrected chi connectivity index (χ4v) is 4.58. The summed E-state index contributed by atoms with van der Waals surface area (Å²) < 4.78 is 5.18. The molecule has 2 aliphatic carbocycles. The van der Waals surface area contributed by atoms with Crippen molar-refractivity contribution in [2.24, 2.45) is 11.8 Å². The predicted molar refractivity (Wildman–Crippen MR) is 116 cm³/mol. The van der Waals surface area contributed by atoms with Gasteiger partial charge in [-0.3, -0.25) is 9.59 Å². The van der Waals surface area contributed by atoms with E-state index < -0.39 is 5.92 Å². The molecule has 0 radical (unpaired) electrons. The number of Topliss-reactive ketones (excluding diaryl/α,β-unsaturated/α-hetero) is 1. The van der Waals surface area contributed by atoms with Gasteiger partial charge in [0, 0.05) is 25.1 Å². The normalized spacial score (nSPS) is 21.8. The van der Waals surface area contributed by atoms with Crippen LogP contribution in [0, 0.1) is 11.8 Å². The molecule has 3 aliphatic rings. The quantitative estimate of drug-likeness (QED) is 0.728. The van der Waals surface area contributed by atoms with E-state index in [1.807, 2.05) is 45.0 Å². The van der Waals surface area contributed by atoms with Crippen molar-refractivity contribution >= 4 is 33.9 Å². The van der Waals surface area contributed by atoms with Gasteiger partial charge in [-0.25, -0.2) is 4.98 Å². The van der Waals surface area contributed by atoms with E-state index in [9.17, 15) is 14.7 Å². The van der Waals surface area contributed by atoms with Crippen LogP contribution in [0.3, 0.4) is 0 Å². The fraction of sp³-hybridized carbons (Fsp3) is 0.375. The highest BCUT2D eigenvalue weighted by Crippen LogP contribution is 2.46. The molecule has 0 amide bonds. The molecular formula is C24H26N2O4. The summed E-state index contributed by atoms with van der Waals surface area (Å²) >= 11 is 0. The number of aromatic nitrogens is 1. The summed E-state index contributed by atoms with van der Waals surface area (Å²) in [5, 5.41) is 11.1. The zero-order chi connectivity index (χ0) is 21.7. The van der Waals surface area contributed by atoms with Crippen LogP contribution < -0.4 is 4.90 Å². The minimum Gasteiger partial charge on any atom is -0.506 e. The van der Waals surface area contributed by atoms with Gasteiger partial charge in [0.25, 0.3) is 0 Å². The molecule has 2 aromatic rings. The smallest absolute Gasteiger partial charge is 0.313 e. The molecule has 1 aromatic carbocycles. The number of carbonyl (C=O) groups excluding carboxylic acids is 2. The Balaban J connectivity index is 0.00000106. The van der Waals surface area contributed by atoms with Gasteiger partial charge in [-0.15, -0.1) is 0 Å². The number of anilines is 1. The lowest BCUT2D eigenvalue weighted by atomic mass is 9.79. The second kappa shape index (κ2) is 7.27. The van der Waals surface area contributed by atoms with Crippen molar-refractivity contribution < 1.29 is 19.4 Å². The van der Waals surface area contributed by atoms with Gasteiger partial charge in [0.05, 0.1) is 28.7 Å². The molecule has 6 heteroatoms. The molecule has 0 saturated heterocycles. The van der Waals surface area contributed by atoms with E-state index in [-0.39, 0.29) is 30.0 Å². The first-order valence-corrected chi connectivity index (χ1v) is 10.4. The van der Waals surface area contributed by atoms with Gasteiger partial charge in [0.15, 0.2) is 5.78 Å². The first-order chi connectivity index (χ1) is 14.4. The van der Waals surface area contributed by atoms with Crippen LogP contribution >= 0.6 is 0 Å². The maximum Gasteiger partial charge on any atom is 0.313 e. The van der Waals surface area contributed by atoms with E-state index in [1.165, 1.54) is 0 Å². The molecule has 6 nitrogen and oxygen atoms in total. The van der Waals surface area contributed by atoms with Crippen LogP contribution in [0.5, 0.6) is 5.75 Å². The Labute approximate surface area is 175 Å². The number of pyridine rings is 1. The predicted octanol–water partition coefficient (Wildman–Crippen LogP) is 3.66.